The summed E-state index contributed by atoms with van der Waals surface area (Å²) in [5.41, 5.74) is 0. The van der Waals surface area contributed by atoms with Gasteiger partial charge in [-0.3, -0.25) is 0 Å². The summed E-state index contributed by atoms with van der Waals surface area (Å²) in [6, 6.07) is 0. The molecule has 0 unspecified atom stereocenters. The molecule has 0 saturated heterocycles. The Morgan fingerprint density at radius 3 is 1.09 bits per heavy atom. The van der Waals surface area contributed by atoms with Crippen LogP contribution in [0.5, 0.6) is 11.8 Å². The molecule has 184 valence electrons. The van der Waals surface area contributed by atoms with Crippen LogP contribution in [0.2, 0.25) is 0 Å². The Kier molecular flexibility index (Phi) is 6.90. The molecular formula is C15H4F14N2O2. The molecule has 0 radical (unpaired) electrons. The zero-order chi connectivity index (χ0) is 25.5. The van der Waals surface area contributed by atoms with E-state index in [1.807, 2.05) is 0 Å². The van der Waals surface area contributed by atoms with Crippen LogP contribution in [0.15, 0.2) is 0 Å². The summed E-state index contributed by atoms with van der Waals surface area (Å²) in [7, 11) is 0. The van der Waals surface area contributed by atoms with Gasteiger partial charge in [0.1, 0.15) is 0 Å². The van der Waals surface area contributed by atoms with Gasteiger partial charge in [0, 0.05) is 0 Å². The normalized spacial score (nSPS) is 12.8. The average Bonchev–Trinajstić information content (AvgIpc) is 2.73. The molecule has 4 nitrogen and oxygen atoms in total. The van der Waals surface area contributed by atoms with E-state index in [4.69, 9.17) is 0 Å². The van der Waals surface area contributed by atoms with Crippen molar-refractivity contribution in [2.75, 3.05) is 13.2 Å². The largest absolute Gasteiger partial charge is 0.469 e. The lowest BCUT2D eigenvalue weighted by Crippen LogP contribution is -2.59. The van der Waals surface area contributed by atoms with Crippen molar-refractivity contribution in [2.24, 2.45) is 0 Å². The SMILES string of the molecule is Fc1nc(OCC(F)(F)C(F)(F)C(F)(F)COc2nc(F)c(F)c(F)c2F)c(F)c(F)c1F. The maximum Gasteiger partial charge on any atom is 0.378 e. The maximum atomic E-state index is 13.7. The van der Waals surface area contributed by atoms with Crippen LogP contribution in [0.4, 0.5) is 61.5 Å². The number of hydrogen-bond donors (Lipinski definition) is 0. The second-order valence-corrected chi connectivity index (χ2v) is 5.86. The predicted octanol–water partition coefficient (Wildman–Crippen LogP) is 4.95. The second kappa shape index (κ2) is 8.69. The Labute approximate surface area is 171 Å². The third-order valence-corrected chi connectivity index (χ3v) is 3.61. The van der Waals surface area contributed by atoms with Crippen molar-refractivity contribution in [3.63, 3.8) is 0 Å². The Balaban J connectivity index is 2.22. The first-order valence-electron chi connectivity index (χ1n) is 7.73. The van der Waals surface area contributed by atoms with Gasteiger partial charge in [-0.2, -0.15) is 62.7 Å². The van der Waals surface area contributed by atoms with Crippen LogP contribution in [0, 0.1) is 46.8 Å². The minimum absolute atomic E-state index is 2.13. The third-order valence-electron chi connectivity index (χ3n) is 3.61. The van der Waals surface area contributed by atoms with Gasteiger partial charge in [-0.1, -0.05) is 0 Å². The topological polar surface area (TPSA) is 44.2 Å². The molecule has 0 aliphatic carbocycles. The highest BCUT2D eigenvalue weighted by Gasteiger charge is 2.72. The molecule has 33 heavy (non-hydrogen) atoms. The molecule has 0 amide bonds. The predicted molar refractivity (Wildman–Crippen MR) is 74.0 cm³/mol. The zero-order valence-electron chi connectivity index (χ0n) is 14.9. The zero-order valence-corrected chi connectivity index (χ0v) is 14.9. The smallest absolute Gasteiger partial charge is 0.378 e. The van der Waals surface area contributed by atoms with E-state index in [9.17, 15) is 61.5 Å². The summed E-state index contributed by atoms with van der Waals surface area (Å²) in [5, 5.41) is 0. The quantitative estimate of drug-likeness (QED) is 0.373. The number of nitrogens with zero attached hydrogens (tertiary/aromatic N) is 2. The first-order valence-corrected chi connectivity index (χ1v) is 7.73. The van der Waals surface area contributed by atoms with Crippen molar-refractivity contribution in [2.45, 2.75) is 17.8 Å². The molecule has 0 N–H and O–H groups in total. The van der Waals surface area contributed by atoms with Gasteiger partial charge in [0.2, 0.25) is 34.9 Å². The van der Waals surface area contributed by atoms with Gasteiger partial charge < -0.3 is 9.47 Å². The molecule has 2 aromatic heterocycles. The second-order valence-electron chi connectivity index (χ2n) is 5.86. The minimum Gasteiger partial charge on any atom is -0.469 e. The monoisotopic (exact) mass is 510 g/mol. The van der Waals surface area contributed by atoms with Crippen LogP contribution in [-0.4, -0.2) is 40.9 Å². The molecule has 2 aromatic rings. The summed E-state index contributed by atoms with van der Waals surface area (Å²) < 4.78 is 193. The highest BCUT2D eigenvalue weighted by Crippen LogP contribution is 2.46. The molecule has 0 saturated carbocycles. The van der Waals surface area contributed by atoms with E-state index in [1.54, 1.807) is 0 Å². The highest BCUT2D eigenvalue weighted by atomic mass is 19.3. The van der Waals surface area contributed by atoms with Gasteiger partial charge in [0.05, 0.1) is 0 Å². The average molecular weight is 510 g/mol. The van der Waals surface area contributed by atoms with Gasteiger partial charge in [0.15, 0.2) is 13.2 Å². The number of alkyl halides is 6. The number of rotatable bonds is 8. The molecule has 2 rings (SSSR count). The van der Waals surface area contributed by atoms with Gasteiger partial charge in [0.25, 0.3) is 23.7 Å². The van der Waals surface area contributed by atoms with Crippen molar-refractivity contribution >= 4 is 0 Å². The molecule has 0 aromatic carbocycles. The lowest BCUT2D eigenvalue weighted by Gasteiger charge is -2.32. The molecule has 0 aliphatic rings. The molecule has 0 fully saturated rings. The van der Waals surface area contributed by atoms with Crippen LogP contribution in [0.3, 0.4) is 0 Å². The fourth-order valence-electron chi connectivity index (χ4n) is 1.89. The van der Waals surface area contributed by atoms with Crippen LogP contribution in [0.1, 0.15) is 0 Å². The minimum atomic E-state index is -6.53. The summed E-state index contributed by atoms with van der Waals surface area (Å²) >= 11 is 0. The molecule has 18 heteroatoms. The summed E-state index contributed by atoms with van der Waals surface area (Å²) in [6.07, 6.45) is 0. The molecule has 0 atom stereocenters. The number of ether oxygens (including phenoxy) is 2. The first-order chi connectivity index (χ1) is 14.9. The fourth-order valence-corrected chi connectivity index (χ4v) is 1.89. The number of aromatic nitrogens is 2. The van der Waals surface area contributed by atoms with Crippen LogP contribution < -0.4 is 9.47 Å². The molecule has 0 aliphatic heterocycles. The summed E-state index contributed by atoms with van der Waals surface area (Å²) in [6.45, 7) is -5.84. The van der Waals surface area contributed by atoms with Gasteiger partial charge in [-0.05, 0) is 0 Å². The number of pyridine rings is 2. The van der Waals surface area contributed by atoms with Crippen molar-refractivity contribution in [3.8, 4) is 11.8 Å². The Morgan fingerprint density at radius 1 is 0.485 bits per heavy atom. The number of hydrogen-bond acceptors (Lipinski definition) is 4. The Bertz CT molecular complexity index is 980. The third kappa shape index (κ3) is 4.68. The van der Waals surface area contributed by atoms with Crippen LogP contribution in [-0.2, 0) is 0 Å². The Hall–Kier alpha value is -3.08. The maximum absolute atomic E-state index is 13.7. The van der Waals surface area contributed by atoms with Crippen LogP contribution in [0.25, 0.3) is 0 Å². The summed E-state index contributed by atoms with van der Waals surface area (Å²) in [5.74, 6) is -43.2. The van der Waals surface area contributed by atoms with Crippen molar-refractivity contribution in [3.05, 3.63) is 46.8 Å². The molecular weight excluding hydrogens is 506 g/mol. The van der Waals surface area contributed by atoms with E-state index in [0.717, 1.165) is 0 Å². The molecule has 2 heterocycles. The van der Waals surface area contributed by atoms with E-state index in [2.05, 4.69) is 19.4 Å². The molecule has 0 bridgehead atoms. The van der Waals surface area contributed by atoms with Crippen molar-refractivity contribution in [1.82, 2.24) is 9.97 Å². The van der Waals surface area contributed by atoms with Gasteiger partial charge in [-0.15, -0.1) is 0 Å². The number of halogens is 14. The van der Waals surface area contributed by atoms with E-state index < -0.39 is 89.5 Å². The molecule has 0 spiro atoms. The standard InChI is InChI=1S/C15H4F14N2O2/c16-3-5(18)9(22)30-11(7(3)20)32-1-13(24,25)15(28,29)14(26,27)2-33-12-8(21)4(17)6(19)10(23)31-12/h1-2H2. The highest BCUT2D eigenvalue weighted by molar-refractivity contribution is 5.19. The lowest BCUT2D eigenvalue weighted by molar-refractivity contribution is -0.320. The van der Waals surface area contributed by atoms with E-state index in [1.165, 1.54) is 0 Å². The lowest BCUT2D eigenvalue weighted by atomic mass is 10.1. The van der Waals surface area contributed by atoms with Crippen molar-refractivity contribution < 1.29 is 70.9 Å². The van der Waals surface area contributed by atoms with E-state index in [-0.39, 0.29) is 0 Å². The van der Waals surface area contributed by atoms with E-state index in [0.29, 0.717) is 0 Å². The first kappa shape index (κ1) is 26.2. The van der Waals surface area contributed by atoms with Crippen molar-refractivity contribution in [1.29, 1.82) is 0 Å². The summed E-state index contributed by atoms with van der Waals surface area (Å²) in [4.78, 5) is 4.34. The fraction of sp³-hybridized carbons (Fsp3) is 0.333. The van der Waals surface area contributed by atoms with E-state index >= 15 is 0 Å². The Morgan fingerprint density at radius 2 is 0.788 bits per heavy atom. The van der Waals surface area contributed by atoms with Gasteiger partial charge >= 0.3 is 17.8 Å². The van der Waals surface area contributed by atoms with Crippen LogP contribution >= 0.6 is 0 Å². The van der Waals surface area contributed by atoms with Gasteiger partial charge in [-0.25, -0.2) is 8.78 Å².